The van der Waals surface area contributed by atoms with Gasteiger partial charge in [-0.3, -0.25) is 10.1 Å². The molecule has 2 fully saturated rings. The Morgan fingerprint density at radius 2 is 1.58 bits per heavy atom. The molecule has 1 aromatic heterocycles. The number of amides is 4. The maximum atomic E-state index is 12.8. The van der Waals surface area contributed by atoms with Gasteiger partial charge in [0.2, 0.25) is 5.91 Å². The number of piperazine rings is 2. The van der Waals surface area contributed by atoms with Gasteiger partial charge in [0.1, 0.15) is 5.75 Å². The third kappa shape index (κ3) is 6.36. The van der Waals surface area contributed by atoms with E-state index in [1.165, 1.54) is 11.3 Å². The number of rotatable bonds is 6. The minimum Gasteiger partial charge on any atom is -0.497 e. The van der Waals surface area contributed by atoms with Crippen LogP contribution in [0.4, 0.5) is 20.4 Å². The predicted octanol–water partition coefficient (Wildman–Crippen LogP) is 2.35. The molecular weight excluding hydrogens is 484 g/mol. The van der Waals surface area contributed by atoms with Gasteiger partial charge in [-0.1, -0.05) is 0 Å². The Kier molecular flexibility index (Phi) is 8.47. The number of nitrogens with zero attached hydrogens (tertiary/aromatic N) is 5. The van der Waals surface area contributed by atoms with Crippen LogP contribution in [0.3, 0.4) is 0 Å². The second kappa shape index (κ2) is 11.9. The van der Waals surface area contributed by atoms with Gasteiger partial charge in [-0.05, 0) is 31.2 Å². The molecule has 0 radical (unpaired) electrons. The smallest absolute Gasteiger partial charge is 0.409 e. The van der Waals surface area contributed by atoms with Crippen molar-refractivity contribution in [2.24, 2.45) is 0 Å². The Morgan fingerprint density at radius 1 is 0.944 bits per heavy atom. The molecule has 4 rings (SSSR count). The molecule has 11 nitrogen and oxygen atoms in total. The highest BCUT2D eigenvalue weighted by Gasteiger charge is 2.26. The highest BCUT2D eigenvalue weighted by molar-refractivity contribution is 7.13. The number of methoxy groups -OCH3 is 1. The molecule has 2 saturated heterocycles. The van der Waals surface area contributed by atoms with E-state index in [9.17, 15) is 14.4 Å². The van der Waals surface area contributed by atoms with E-state index in [0.29, 0.717) is 56.7 Å². The molecule has 4 amide bonds. The van der Waals surface area contributed by atoms with E-state index >= 15 is 0 Å². The van der Waals surface area contributed by atoms with Crippen LogP contribution in [0.5, 0.6) is 5.75 Å². The molecule has 0 spiro atoms. The minimum atomic E-state index is -0.353. The van der Waals surface area contributed by atoms with Gasteiger partial charge in [0.05, 0.1) is 25.8 Å². The molecule has 1 N–H and O–H groups in total. The molecule has 0 aliphatic carbocycles. The molecule has 3 heterocycles. The van der Waals surface area contributed by atoms with Gasteiger partial charge >= 0.3 is 12.1 Å². The summed E-state index contributed by atoms with van der Waals surface area (Å²) < 4.78 is 10.2. The number of benzene rings is 1. The van der Waals surface area contributed by atoms with Gasteiger partial charge in [-0.25, -0.2) is 14.6 Å². The van der Waals surface area contributed by atoms with Gasteiger partial charge in [-0.15, -0.1) is 11.3 Å². The standard InChI is InChI=1S/C24H32N6O5S/c1-3-35-24(33)30-14-12-29(13-15-30)23(32)26-22-25-18(17-36-22)16-21(31)28-10-8-27(9-11-28)19-4-6-20(34-2)7-5-19/h4-7,17H,3,8-16H2,1-2H3,(H,25,26,32). The quantitative estimate of drug-likeness (QED) is 0.628. The van der Waals surface area contributed by atoms with Crippen molar-refractivity contribution >= 4 is 40.2 Å². The Hall–Kier alpha value is -3.54. The number of hydrogen-bond donors (Lipinski definition) is 1. The predicted molar refractivity (Wildman–Crippen MR) is 137 cm³/mol. The first kappa shape index (κ1) is 25.5. The largest absolute Gasteiger partial charge is 0.497 e. The summed E-state index contributed by atoms with van der Waals surface area (Å²) in [6.07, 6.45) is -0.151. The average molecular weight is 517 g/mol. The zero-order valence-electron chi connectivity index (χ0n) is 20.6. The number of thiazole rings is 1. The van der Waals surface area contributed by atoms with Crippen LogP contribution in [0.2, 0.25) is 0 Å². The summed E-state index contributed by atoms with van der Waals surface area (Å²) in [5, 5.41) is 5.07. The summed E-state index contributed by atoms with van der Waals surface area (Å²) in [4.78, 5) is 49.0. The zero-order chi connectivity index (χ0) is 25.5. The minimum absolute atomic E-state index is 0.0302. The maximum absolute atomic E-state index is 12.8. The molecule has 1 aromatic carbocycles. The Balaban J connectivity index is 1.21. The van der Waals surface area contributed by atoms with Crippen LogP contribution >= 0.6 is 11.3 Å². The van der Waals surface area contributed by atoms with Crippen molar-refractivity contribution in [3.05, 3.63) is 35.3 Å². The molecule has 36 heavy (non-hydrogen) atoms. The molecule has 0 unspecified atom stereocenters. The van der Waals surface area contributed by atoms with E-state index in [-0.39, 0.29) is 24.5 Å². The lowest BCUT2D eigenvalue weighted by Gasteiger charge is -2.36. The summed E-state index contributed by atoms with van der Waals surface area (Å²) >= 11 is 1.30. The second-order valence-corrected chi connectivity index (χ2v) is 9.35. The van der Waals surface area contributed by atoms with E-state index < -0.39 is 0 Å². The third-order valence-electron chi connectivity index (χ3n) is 6.26. The number of carbonyl (C=O) groups excluding carboxylic acids is 3. The Morgan fingerprint density at radius 3 is 2.22 bits per heavy atom. The number of urea groups is 1. The van der Waals surface area contributed by atoms with Gasteiger partial charge in [0, 0.05) is 63.4 Å². The Bertz CT molecular complexity index is 1050. The Labute approximate surface area is 214 Å². The second-order valence-electron chi connectivity index (χ2n) is 8.49. The zero-order valence-corrected chi connectivity index (χ0v) is 21.5. The number of hydrogen-bond acceptors (Lipinski definition) is 8. The molecule has 194 valence electrons. The number of nitrogens with one attached hydrogen (secondary N) is 1. The van der Waals surface area contributed by atoms with Crippen LogP contribution in [0.1, 0.15) is 12.6 Å². The van der Waals surface area contributed by atoms with Crippen molar-refractivity contribution in [1.29, 1.82) is 0 Å². The van der Waals surface area contributed by atoms with Gasteiger partial charge in [0.25, 0.3) is 0 Å². The van der Waals surface area contributed by atoms with Crippen molar-refractivity contribution in [3.63, 3.8) is 0 Å². The number of ether oxygens (including phenoxy) is 2. The summed E-state index contributed by atoms with van der Waals surface area (Å²) in [6, 6.07) is 7.67. The van der Waals surface area contributed by atoms with Crippen molar-refractivity contribution in [2.45, 2.75) is 13.3 Å². The van der Waals surface area contributed by atoms with Crippen LogP contribution in [0.25, 0.3) is 0 Å². The molecule has 0 bridgehead atoms. The third-order valence-corrected chi connectivity index (χ3v) is 7.07. The lowest BCUT2D eigenvalue weighted by Crippen LogP contribution is -2.51. The monoisotopic (exact) mass is 516 g/mol. The highest BCUT2D eigenvalue weighted by Crippen LogP contribution is 2.21. The number of carbonyl (C=O) groups is 3. The first-order valence-electron chi connectivity index (χ1n) is 12.1. The molecule has 2 aliphatic heterocycles. The van der Waals surface area contributed by atoms with Gasteiger partial charge < -0.3 is 29.1 Å². The molecular formula is C24H32N6O5S. The van der Waals surface area contributed by atoms with Gasteiger partial charge in [0.15, 0.2) is 5.13 Å². The average Bonchev–Trinajstić information content (AvgIpc) is 3.35. The molecule has 2 aromatic rings. The van der Waals surface area contributed by atoms with Crippen molar-refractivity contribution < 1.29 is 23.9 Å². The first-order valence-corrected chi connectivity index (χ1v) is 12.9. The van der Waals surface area contributed by atoms with E-state index in [0.717, 1.165) is 24.5 Å². The van der Waals surface area contributed by atoms with Crippen LogP contribution in [-0.2, 0) is 16.0 Å². The fourth-order valence-electron chi connectivity index (χ4n) is 4.20. The maximum Gasteiger partial charge on any atom is 0.409 e. The fraction of sp³-hybridized carbons (Fsp3) is 0.500. The van der Waals surface area contributed by atoms with Crippen LogP contribution < -0.4 is 15.0 Å². The van der Waals surface area contributed by atoms with Crippen molar-refractivity contribution in [3.8, 4) is 5.75 Å². The molecule has 0 saturated carbocycles. The lowest BCUT2D eigenvalue weighted by molar-refractivity contribution is -0.130. The first-order chi connectivity index (χ1) is 17.5. The fourth-order valence-corrected chi connectivity index (χ4v) is 4.90. The summed E-state index contributed by atoms with van der Waals surface area (Å²) in [5.41, 5.74) is 1.76. The number of aromatic nitrogens is 1. The summed E-state index contributed by atoms with van der Waals surface area (Å²) in [6.45, 7) is 6.61. The topological polar surface area (TPSA) is 108 Å². The highest BCUT2D eigenvalue weighted by atomic mass is 32.1. The van der Waals surface area contributed by atoms with Crippen LogP contribution in [-0.4, -0.2) is 104 Å². The molecule has 2 aliphatic rings. The van der Waals surface area contributed by atoms with Crippen molar-refractivity contribution in [1.82, 2.24) is 19.7 Å². The van der Waals surface area contributed by atoms with Crippen LogP contribution in [0, 0.1) is 0 Å². The van der Waals surface area contributed by atoms with E-state index in [4.69, 9.17) is 9.47 Å². The summed E-state index contributed by atoms with van der Waals surface area (Å²) in [5.74, 6) is 0.852. The van der Waals surface area contributed by atoms with E-state index in [2.05, 4.69) is 15.2 Å². The number of anilines is 2. The lowest BCUT2D eigenvalue weighted by atomic mass is 10.2. The molecule has 12 heteroatoms. The SMILES string of the molecule is CCOC(=O)N1CCN(C(=O)Nc2nc(CC(=O)N3CCN(c4ccc(OC)cc4)CC3)cs2)CC1. The summed E-state index contributed by atoms with van der Waals surface area (Å²) in [7, 11) is 1.65. The van der Waals surface area contributed by atoms with E-state index in [1.54, 1.807) is 29.2 Å². The van der Waals surface area contributed by atoms with Crippen LogP contribution in [0.15, 0.2) is 29.6 Å². The van der Waals surface area contributed by atoms with Crippen molar-refractivity contribution in [2.75, 3.05) is 76.3 Å². The normalized spacial score (nSPS) is 16.1. The molecule has 0 atom stereocenters. The van der Waals surface area contributed by atoms with Gasteiger partial charge in [-0.2, -0.15) is 0 Å². The van der Waals surface area contributed by atoms with E-state index in [1.807, 2.05) is 29.2 Å².